The third kappa shape index (κ3) is 5.53. The molecular weight excluding hydrogens is 394 g/mol. The third-order valence-electron chi connectivity index (χ3n) is 3.27. The highest BCUT2D eigenvalue weighted by molar-refractivity contribution is 7.90. The molecule has 2 rings (SSSR count). The van der Waals surface area contributed by atoms with Gasteiger partial charge in [-0.2, -0.15) is 0 Å². The lowest BCUT2D eigenvalue weighted by atomic mass is 10.1. The lowest BCUT2D eigenvalue weighted by Gasteiger charge is -2.11. The molecule has 0 atom stereocenters. The van der Waals surface area contributed by atoms with Crippen molar-refractivity contribution in [2.75, 3.05) is 16.5 Å². The van der Waals surface area contributed by atoms with Crippen molar-refractivity contribution in [2.45, 2.75) is 11.8 Å². The van der Waals surface area contributed by atoms with Crippen molar-refractivity contribution in [1.29, 1.82) is 0 Å². The largest absolute Gasteiger partial charge is 0.324 e. The van der Waals surface area contributed by atoms with Crippen LogP contribution in [0, 0.1) is 0 Å². The Labute approximate surface area is 161 Å². The third-order valence-corrected chi connectivity index (χ3v) is 4.96. The molecule has 0 aliphatic carbocycles. The summed E-state index contributed by atoms with van der Waals surface area (Å²) >= 11 is 5.46. The smallest absolute Gasteiger partial charge is 0.264 e. The van der Waals surface area contributed by atoms with E-state index in [1.807, 2.05) is 4.72 Å². The highest BCUT2D eigenvalue weighted by Gasteiger charge is 2.16. The van der Waals surface area contributed by atoms with Crippen molar-refractivity contribution in [1.82, 2.24) is 4.72 Å². The van der Waals surface area contributed by atoms with Crippen LogP contribution in [0.3, 0.4) is 0 Å². The number of nitrogens with one attached hydrogen (secondary N) is 3. The van der Waals surface area contributed by atoms with Crippen LogP contribution in [0.25, 0.3) is 0 Å². The van der Waals surface area contributed by atoms with E-state index < -0.39 is 27.7 Å². The molecule has 0 bridgehead atoms. The SMILES string of the molecule is CC(=O)NS(=O)(=O)c1ccc(NC(=O)c2ccccc2NC(=O)CCl)cc1. The fourth-order valence-corrected chi connectivity index (χ4v) is 3.20. The van der Waals surface area contributed by atoms with Gasteiger partial charge in [-0.1, -0.05) is 12.1 Å². The van der Waals surface area contributed by atoms with Crippen molar-refractivity contribution in [3.05, 3.63) is 54.1 Å². The zero-order valence-electron chi connectivity index (χ0n) is 14.2. The van der Waals surface area contributed by atoms with E-state index in [-0.39, 0.29) is 16.3 Å². The molecule has 8 nitrogen and oxygen atoms in total. The molecule has 0 saturated heterocycles. The summed E-state index contributed by atoms with van der Waals surface area (Å²) in [6.07, 6.45) is 0. The highest BCUT2D eigenvalue weighted by Crippen LogP contribution is 2.19. The Morgan fingerprint density at radius 2 is 1.59 bits per heavy atom. The molecule has 0 heterocycles. The number of rotatable bonds is 6. The van der Waals surface area contributed by atoms with E-state index in [1.54, 1.807) is 18.2 Å². The molecule has 0 aliphatic heterocycles. The van der Waals surface area contributed by atoms with Crippen molar-refractivity contribution in [2.24, 2.45) is 0 Å². The summed E-state index contributed by atoms with van der Waals surface area (Å²) in [5, 5.41) is 5.13. The summed E-state index contributed by atoms with van der Waals surface area (Å²) < 4.78 is 25.7. The molecule has 2 aromatic rings. The molecule has 2 aromatic carbocycles. The average molecular weight is 410 g/mol. The molecule has 27 heavy (non-hydrogen) atoms. The highest BCUT2D eigenvalue weighted by atomic mass is 35.5. The minimum Gasteiger partial charge on any atom is -0.324 e. The van der Waals surface area contributed by atoms with Gasteiger partial charge in [0, 0.05) is 12.6 Å². The first-order valence-electron chi connectivity index (χ1n) is 7.62. The van der Waals surface area contributed by atoms with Gasteiger partial charge in [-0.3, -0.25) is 14.4 Å². The zero-order chi connectivity index (χ0) is 20.0. The van der Waals surface area contributed by atoms with Gasteiger partial charge < -0.3 is 10.6 Å². The molecule has 0 spiro atoms. The van der Waals surface area contributed by atoms with E-state index in [9.17, 15) is 22.8 Å². The van der Waals surface area contributed by atoms with Crippen LogP contribution in [-0.4, -0.2) is 32.0 Å². The number of amides is 3. The Morgan fingerprint density at radius 1 is 0.963 bits per heavy atom. The van der Waals surface area contributed by atoms with Gasteiger partial charge in [0.2, 0.25) is 11.8 Å². The number of carbonyl (C=O) groups is 3. The standard InChI is InChI=1S/C17H16ClN3O5S/c1-11(22)21-27(25,26)13-8-6-12(7-9-13)19-17(24)14-4-2-3-5-15(14)20-16(23)10-18/h2-9H,10H2,1H3,(H,19,24)(H,20,23)(H,21,22). The summed E-state index contributed by atoms with van der Waals surface area (Å²) in [5.41, 5.74) is 0.844. The van der Waals surface area contributed by atoms with Crippen molar-refractivity contribution in [3.8, 4) is 0 Å². The topological polar surface area (TPSA) is 121 Å². The van der Waals surface area contributed by atoms with E-state index in [0.29, 0.717) is 11.4 Å². The number of para-hydroxylation sites is 1. The number of hydrogen-bond donors (Lipinski definition) is 3. The number of carbonyl (C=O) groups excluding carboxylic acids is 3. The minimum absolute atomic E-state index is 0.120. The second kappa shape index (κ2) is 8.65. The predicted molar refractivity (Wildman–Crippen MR) is 101 cm³/mol. The number of alkyl halides is 1. The Bertz CT molecular complexity index is 974. The summed E-state index contributed by atoms with van der Waals surface area (Å²) in [5.74, 6) is -1.91. The van der Waals surface area contributed by atoms with E-state index in [4.69, 9.17) is 11.6 Å². The van der Waals surface area contributed by atoms with Crippen LogP contribution in [0.5, 0.6) is 0 Å². The van der Waals surface area contributed by atoms with Crippen molar-refractivity contribution < 1.29 is 22.8 Å². The van der Waals surface area contributed by atoms with Crippen molar-refractivity contribution in [3.63, 3.8) is 0 Å². The molecule has 10 heteroatoms. The maximum atomic E-state index is 12.5. The van der Waals surface area contributed by atoms with Crippen LogP contribution >= 0.6 is 11.6 Å². The van der Waals surface area contributed by atoms with Gasteiger partial charge in [0.25, 0.3) is 15.9 Å². The van der Waals surface area contributed by atoms with Crippen LogP contribution in [0.4, 0.5) is 11.4 Å². The number of hydrogen-bond acceptors (Lipinski definition) is 5. The summed E-state index contributed by atoms with van der Waals surface area (Å²) in [6.45, 7) is 1.09. The van der Waals surface area contributed by atoms with Crippen LogP contribution in [-0.2, 0) is 19.6 Å². The van der Waals surface area contributed by atoms with E-state index in [2.05, 4.69) is 10.6 Å². The van der Waals surface area contributed by atoms with Crippen molar-refractivity contribution >= 4 is 50.7 Å². The summed E-state index contributed by atoms with van der Waals surface area (Å²) in [6, 6.07) is 11.6. The molecule has 0 fully saturated rings. The number of sulfonamides is 1. The molecule has 0 aliphatic rings. The molecule has 3 N–H and O–H groups in total. The second-order valence-electron chi connectivity index (χ2n) is 5.37. The molecule has 0 radical (unpaired) electrons. The van der Waals surface area contributed by atoms with Gasteiger partial charge in [0.05, 0.1) is 16.1 Å². The van der Waals surface area contributed by atoms with Gasteiger partial charge in [0.1, 0.15) is 5.88 Å². The first-order valence-corrected chi connectivity index (χ1v) is 9.64. The molecule has 142 valence electrons. The Balaban J connectivity index is 2.18. The fourth-order valence-electron chi connectivity index (χ4n) is 2.14. The Hall–Kier alpha value is -2.91. The van der Waals surface area contributed by atoms with Crippen LogP contribution in [0.2, 0.25) is 0 Å². The molecule has 0 unspecified atom stereocenters. The van der Waals surface area contributed by atoms with E-state index in [1.165, 1.54) is 30.3 Å². The fraction of sp³-hybridized carbons (Fsp3) is 0.118. The summed E-state index contributed by atoms with van der Waals surface area (Å²) in [7, 11) is -3.95. The number of benzene rings is 2. The van der Waals surface area contributed by atoms with Gasteiger partial charge >= 0.3 is 0 Å². The Morgan fingerprint density at radius 3 is 2.19 bits per heavy atom. The maximum Gasteiger partial charge on any atom is 0.264 e. The van der Waals surface area contributed by atoms with Gasteiger partial charge in [0.15, 0.2) is 0 Å². The normalized spacial score (nSPS) is 10.7. The van der Waals surface area contributed by atoms with E-state index in [0.717, 1.165) is 6.92 Å². The van der Waals surface area contributed by atoms with Crippen LogP contribution in [0.15, 0.2) is 53.4 Å². The zero-order valence-corrected chi connectivity index (χ0v) is 15.7. The second-order valence-corrected chi connectivity index (χ2v) is 7.32. The maximum absolute atomic E-state index is 12.5. The molecule has 0 aromatic heterocycles. The van der Waals surface area contributed by atoms with E-state index >= 15 is 0 Å². The first-order chi connectivity index (χ1) is 12.7. The van der Waals surface area contributed by atoms with Crippen LogP contribution in [0.1, 0.15) is 17.3 Å². The van der Waals surface area contributed by atoms with Crippen LogP contribution < -0.4 is 15.4 Å². The van der Waals surface area contributed by atoms with Gasteiger partial charge in [-0.25, -0.2) is 13.1 Å². The quantitative estimate of drug-likeness (QED) is 0.629. The lowest BCUT2D eigenvalue weighted by Crippen LogP contribution is -2.28. The predicted octanol–water partition coefficient (Wildman–Crippen LogP) is 1.94. The number of halogens is 1. The average Bonchev–Trinajstić information content (AvgIpc) is 2.61. The minimum atomic E-state index is -3.95. The molecule has 0 saturated carbocycles. The first kappa shape index (κ1) is 20.4. The van der Waals surface area contributed by atoms with Gasteiger partial charge in [-0.05, 0) is 36.4 Å². The monoisotopic (exact) mass is 409 g/mol. The summed E-state index contributed by atoms with van der Waals surface area (Å²) in [4.78, 5) is 34.7. The Kier molecular flexibility index (Phi) is 6.54. The number of anilines is 2. The van der Waals surface area contributed by atoms with Gasteiger partial charge in [-0.15, -0.1) is 11.6 Å². The molecule has 3 amide bonds. The molecular formula is C17H16ClN3O5S. The lowest BCUT2D eigenvalue weighted by molar-refractivity contribution is -0.117.